The molecule has 0 aromatic heterocycles. The topological polar surface area (TPSA) is 42.0 Å². The zero-order valence-corrected chi connectivity index (χ0v) is 4.41. The molecule has 2 saturated heterocycles. The number of ether oxygens (including phenoxy) is 2. The standard InChI is InChI=1S/C5H8O3/c6-3-1-4-5(8-4)7-2-3/h3-6H,1-2H2/t3-,4?,5?/m0/s1. The molecule has 0 bridgehead atoms. The third-order valence-electron chi connectivity index (χ3n) is 1.49. The van der Waals surface area contributed by atoms with Gasteiger partial charge in [-0.25, -0.2) is 0 Å². The zero-order valence-electron chi connectivity index (χ0n) is 4.41. The van der Waals surface area contributed by atoms with Gasteiger partial charge in [0.05, 0.1) is 12.7 Å². The number of aliphatic hydroxyl groups excluding tert-OH is 1. The van der Waals surface area contributed by atoms with Crippen molar-refractivity contribution in [3.8, 4) is 0 Å². The monoisotopic (exact) mass is 116 g/mol. The van der Waals surface area contributed by atoms with Crippen LogP contribution in [0.3, 0.4) is 0 Å². The largest absolute Gasteiger partial charge is 0.391 e. The van der Waals surface area contributed by atoms with Crippen molar-refractivity contribution in [3.63, 3.8) is 0 Å². The maximum absolute atomic E-state index is 8.90. The van der Waals surface area contributed by atoms with Crippen molar-refractivity contribution in [2.24, 2.45) is 0 Å². The highest BCUT2D eigenvalue weighted by atomic mass is 16.8. The Kier molecular flexibility index (Phi) is 0.848. The van der Waals surface area contributed by atoms with Gasteiger partial charge in [0.25, 0.3) is 0 Å². The average Bonchev–Trinajstić information content (AvgIpc) is 2.43. The van der Waals surface area contributed by atoms with Crippen LogP contribution in [0.4, 0.5) is 0 Å². The van der Waals surface area contributed by atoms with Gasteiger partial charge in [-0.3, -0.25) is 0 Å². The third kappa shape index (κ3) is 0.632. The molecule has 3 nitrogen and oxygen atoms in total. The summed E-state index contributed by atoms with van der Waals surface area (Å²) in [6, 6.07) is 0. The molecule has 0 spiro atoms. The number of epoxide rings is 1. The van der Waals surface area contributed by atoms with Crippen molar-refractivity contribution in [2.45, 2.75) is 24.9 Å². The van der Waals surface area contributed by atoms with Crippen molar-refractivity contribution >= 4 is 0 Å². The van der Waals surface area contributed by atoms with E-state index in [9.17, 15) is 0 Å². The Morgan fingerprint density at radius 1 is 1.50 bits per heavy atom. The normalized spacial score (nSPS) is 52.9. The van der Waals surface area contributed by atoms with E-state index in [1.165, 1.54) is 0 Å². The van der Waals surface area contributed by atoms with E-state index in [2.05, 4.69) is 0 Å². The maximum atomic E-state index is 8.90. The van der Waals surface area contributed by atoms with Gasteiger partial charge in [-0.15, -0.1) is 0 Å². The van der Waals surface area contributed by atoms with Crippen LogP contribution in [0, 0.1) is 0 Å². The molecule has 2 fully saturated rings. The van der Waals surface area contributed by atoms with Gasteiger partial charge in [0, 0.05) is 6.42 Å². The first-order valence-electron chi connectivity index (χ1n) is 2.81. The van der Waals surface area contributed by atoms with E-state index in [1.54, 1.807) is 0 Å². The summed E-state index contributed by atoms with van der Waals surface area (Å²) in [7, 11) is 0. The van der Waals surface area contributed by atoms with E-state index in [-0.39, 0.29) is 18.5 Å². The molecule has 2 heterocycles. The molecule has 0 aromatic carbocycles. The van der Waals surface area contributed by atoms with E-state index < -0.39 is 0 Å². The molecule has 0 aliphatic carbocycles. The van der Waals surface area contributed by atoms with Crippen LogP contribution in [-0.2, 0) is 9.47 Å². The first-order chi connectivity index (χ1) is 3.86. The Bertz CT molecular complexity index is 104. The van der Waals surface area contributed by atoms with Crippen molar-refractivity contribution in [3.05, 3.63) is 0 Å². The first kappa shape index (κ1) is 4.73. The van der Waals surface area contributed by atoms with Gasteiger partial charge in [-0.1, -0.05) is 0 Å². The number of hydrogen-bond acceptors (Lipinski definition) is 3. The summed E-state index contributed by atoms with van der Waals surface area (Å²) in [4.78, 5) is 0. The van der Waals surface area contributed by atoms with Gasteiger partial charge in [-0.05, 0) is 0 Å². The molecule has 0 aromatic rings. The zero-order chi connectivity index (χ0) is 5.56. The molecule has 0 radical (unpaired) electrons. The molecule has 2 unspecified atom stereocenters. The number of aliphatic hydroxyl groups is 1. The summed E-state index contributed by atoms with van der Waals surface area (Å²) in [5, 5.41) is 8.90. The highest BCUT2D eigenvalue weighted by molar-refractivity contribution is 4.84. The molecule has 0 saturated carbocycles. The molecule has 8 heavy (non-hydrogen) atoms. The fourth-order valence-electron chi connectivity index (χ4n) is 0.982. The summed E-state index contributed by atoms with van der Waals surface area (Å²) in [6.07, 6.45) is 0.695. The molecule has 2 aliphatic rings. The van der Waals surface area contributed by atoms with Crippen LogP contribution in [0.25, 0.3) is 0 Å². The van der Waals surface area contributed by atoms with Crippen molar-refractivity contribution in [1.29, 1.82) is 0 Å². The summed E-state index contributed by atoms with van der Waals surface area (Å²) >= 11 is 0. The van der Waals surface area contributed by atoms with Crippen LogP contribution >= 0.6 is 0 Å². The van der Waals surface area contributed by atoms with Crippen LogP contribution in [0.15, 0.2) is 0 Å². The summed E-state index contributed by atoms with van der Waals surface area (Å²) in [5.74, 6) is 0. The van der Waals surface area contributed by atoms with Gasteiger partial charge in [0.1, 0.15) is 6.10 Å². The second-order valence-electron chi connectivity index (χ2n) is 2.27. The Morgan fingerprint density at radius 3 is 3.00 bits per heavy atom. The summed E-state index contributed by atoms with van der Waals surface area (Å²) in [6.45, 7) is 0.446. The van der Waals surface area contributed by atoms with Gasteiger partial charge < -0.3 is 14.6 Å². The first-order valence-corrected chi connectivity index (χ1v) is 2.81. The van der Waals surface area contributed by atoms with Gasteiger partial charge in [0.15, 0.2) is 6.29 Å². The summed E-state index contributed by atoms with van der Waals surface area (Å²) in [5.41, 5.74) is 0. The molecule has 0 amide bonds. The average molecular weight is 116 g/mol. The second kappa shape index (κ2) is 1.43. The Morgan fingerprint density at radius 2 is 2.38 bits per heavy atom. The molecule has 46 valence electrons. The predicted molar refractivity (Wildman–Crippen MR) is 25.2 cm³/mol. The fourth-order valence-corrected chi connectivity index (χ4v) is 0.982. The van der Waals surface area contributed by atoms with Crippen LogP contribution in [0.5, 0.6) is 0 Å². The molecule has 1 N–H and O–H groups in total. The SMILES string of the molecule is O[C@@H]1COC2OC2C1. The number of fused-ring (bicyclic) bond motifs is 1. The second-order valence-corrected chi connectivity index (χ2v) is 2.27. The van der Waals surface area contributed by atoms with Crippen molar-refractivity contribution < 1.29 is 14.6 Å². The molecule has 3 atom stereocenters. The molecular weight excluding hydrogens is 108 g/mol. The minimum absolute atomic E-state index is 0.0263. The molecule has 2 aliphatic heterocycles. The van der Waals surface area contributed by atoms with Gasteiger partial charge in [0.2, 0.25) is 0 Å². The molecule has 3 heteroatoms. The lowest BCUT2D eigenvalue weighted by atomic mass is 10.2. The predicted octanol–water partition coefficient (Wildman–Crippen LogP) is -0.508. The number of hydrogen-bond donors (Lipinski definition) is 1. The minimum Gasteiger partial charge on any atom is -0.391 e. The lowest BCUT2D eigenvalue weighted by molar-refractivity contribution is -0.0192. The summed E-state index contributed by atoms with van der Waals surface area (Å²) < 4.78 is 9.96. The third-order valence-corrected chi connectivity index (χ3v) is 1.49. The van der Waals surface area contributed by atoms with Crippen molar-refractivity contribution in [1.82, 2.24) is 0 Å². The van der Waals surface area contributed by atoms with Gasteiger partial charge >= 0.3 is 0 Å². The van der Waals surface area contributed by atoms with E-state index >= 15 is 0 Å². The highest BCUT2D eigenvalue weighted by Crippen LogP contribution is 2.31. The van der Waals surface area contributed by atoms with Crippen LogP contribution in [0.2, 0.25) is 0 Å². The quantitative estimate of drug-likeness (QED) is 0.433. The smallest absolute Gasteiger partial charge is 0.184 e. The molecule has 2 rings (SSSR count). The van der Waals surface area contributed by atoms with E-state index in [0.717, 1.165) is 6.42 Å². The van der Waals surface area contributed by atoms with E-state index in [0.29, 0.717) is 6.61 Å². The Labute approximate surface area is 47.2 Å². The van der Waals surface area contributed by atoms with E-state index in [1.807, 2.05) is 0 Å². The molecular formula is C5H8O3. The maximum Gasteiger partial charge on any atom is 0.184 e. The highest BCUT2D eigenvalue weighted by Gasteiger charge is 2.45. The minimum atomic E-state index is -0.293. The van der Waals surface area contributed by atoms with Crippen LogP contribution in [0.1, 0.15) is 6.42 Å². The van der Waals surface area contributed by atoms with Gasteiger partial charge in [-0.2, -0.15) is 0 Å². The van der Waals surface area contributed by atoms with E-state index in [4.69, 9.17) is 14.6 Å². The Hall–Kier alpha value is -0.120. The lowest BCUT2D eigenvalue weighted by Crippen LogP contribution is -2.24. The fraction of sp³-hybridized carbons (Fsp3) is 1.00. The van der Waals surface area contributed by atoms with Crippen LogP contribution in [-0.4, -0.2) is 30.2 Å². The lowest BCUT2D eigenvalue weighted by Gasteiger charge is -2.11. The van der Waals surface area contributed by atoms with Crippen molar-refractivity contribution in [2.75, 3.05) is 6.61 Å². The number of rotatable bonds is 0. The van der Waals surface area contributed by atoms with Crippen LogP contribution < -0.4 is 0 Å². The Balaban J connectivity index is 1.93.